The van der Waals surface area contributed by atoms with Crippen molar-refractivity contribution in [3.05, 3.63) is 58.0 Å². The van der Waals surface area contributed by atoms with Crippen LogP contribution in [0.3, 0.4) is 0 Å². The van der Waals surface area contributed by atoms with Crippen molar-refractivity contribution in [2.24, 2.45) is 5.92 Å². The molecule has 0 spiro atoms. The minimum absolute atomic E-state index is 0.0519. The summed E-state index contributed by atoms with van der Waals surface area (Å²) in [6.45, 7) is 3.34. The number of halogens is 1. The lowest BCUT2D eigenvalue weighted by atomic mass is 10.1. The van der Waals surface area contributed by atoms with Crippen molar-refractivity contribution >= 4 is 17.2 Å². The summed E-state index contributed by atoms with van der Waals surface area (Å²) >= 11 is 1.66. The van der Waals surface area contributed by atoms with Gasteiger partial charge < -0.3 is 4.90 Å². The van der Waals surface area contributed by atoms with Crippen LogP contribution in [0.1, 0.15) is 29.7 Å². The van der Waals surface area contributed by atoms with Crippen molar-refractivity contribution < 1.29 is 9.18 Å². The Balaban J connectivity index is 1.67. The van der Waals surface area contributed by atoms with Crippen molar-refractivity contribution in [1.29, 1.82) is 0 Å². The molecule has 4 heteroatoms. The lowest BCUT2D eigenvalue weighted by Crippen LogP contribution is -2.31. The zero-order valence-electron chi connectivity index (χ0n) is 12.0. The first-order valence-corrected chi connectivity index (χ1v) is 8.14. The molecule has 3 rings (SSSR count). The smallest absolute Gasteiger partial charge is 0.226 e. The highest BCUT2D eigenvalue weighted by molar-refractivity contribution is 7.09. The average Bonchev–Trinajstić information content (AvgIpc) is 3.12. The number of benzene rings is 1. The van der Waals surface area contributed by atoms with Crippen LogP contribution in [0.25, 0.3) is 0 Å². The van der Waals surface area contributed by atoms with Gasteiger partial charge in [0.05, 0.1) is 6.54 Å². The second-order valence-corrected chi connectivity index (χ2v) is 6.43. The number of thiophene rings is 1. The summed E-state index contributed by atoms with van der Waals surface area (Å²) in [6.07, 6.45) is 0.765. The second kappa shape index (κ2) is 5.98. The maximum absolute atomic E-state index is 13.8. The molecule has 1 heterocycles. The van der Waals surface area contributed by atoms with Crippen LogP contribution >= 0.6 is 11.3 Å². The van der Waals surface area contributed by atoms with E-state index in [1.54, 1.807) is 23.5 Å². The molecule has 1 aliphatic carbocycles. The zero-order chi connectivity index (χ0) is 14.8. The van der Waals surface area contributed by atoms with Gasteiger partial charge in [-0.05, 0) is 42.3 Å². The summed E-state index contributed by atoms with van der Waals surface area (Å²) < 4.78 is 13.8. The van der Waals surface area contributed by atoms with Crippen LogP contribution in [0.15, 0.2) is 41.8 Å². The van der Waals surface area contributed by atoms with Crippen LogP contribution in [0.4, 0.5) is 4.39 Å². The minimum atomic E-state index is -0.195. The quantitative estimate of drug-likeness (QED) is 0.816. The molecule has 0 bridgehead atoms. The Hall–Kier alpha value is -1.68. The molecule has 21 heavy (non-hydrogen) atoms. The van der Waals surface area contributed by atoms with Crippen molar-refractivity contribution in [3.63, 3.8) is 0 Å². The van der Waals surface area contributed by atoms with Gasteiger partial charge in [0.15, 0.2) is 0 Å². The molecule has 1 amide bonds. The molecule has 110 valence electrons. The first kappa shape index (κ1) is 14.3. The van der Waals surface area contributed by atoms with Gasteiger partial charge in [0.2, 0.25) is 5.91 Å². The topological polar surface area (TPSA) is 20.3 Å². The summed E-state index contributed by atoms with van der Waals surface area (Å²) in [5, 5.41) is 2.02. The fourth-order valence-electron chi connectivity index (χ4n) is 2.76. The third-order valence-electron chi connectivity index (χ3n) is 4.03. The number of nitrogens with zero attached hydrogens (tertiary/aromatic N) is 1. The van der Waals surface area contributed by atoms with E-state index in [-0.39, 0.29) is 23.6 Å². The van der Waals surface area contributed by atoms with Crippen LogP contribution in [-0.4, -0.2) is 17.4 Å². The van der Waals surface area contributed by atoms with Gasteiger partial charge >= 0.3 is 0 Å². The first-order chi connectivity index (χ1) is 10.2. The maximum Gasteiger partial charge on any atom is 0.226 e. The van der Waals surface area contributed by atoms with E-state index in [0.717, 1.165) is 6.42 Å². The van der Waals surface area contributed by atoms with Gasteiger partial charge in [0, 0.05) is 17.3 Å². The Bertz CT molecular complexity index is 625. The minimum Gasteiger partial charge on any atom is -0.338 e. The van der Waals surface area contributed by atoms with E-state index < -0.39 is 0 Å². The third kappa shape index (κ3) is 3.00. The molecule has 1 fully saturated rings. The molecule has 1 saturated carbocycles. The van der Waals surface area contributed by atoms with E-state index in [0.29, 0.717) is 18.7 Å². The maximum atomic E-state index is 13.8. The third-order valence-corrected chi connectivity index (χ3v) is 4.89. The summed E-state index contributed by atoms with van der Waals surface area (Å²) in [5.74, 6) is -0.0452. The van der Waals surface area contributed by atoms with Crippen LogP contribution in [0, 0.1) is 11.7 Å². The Morgan fingerprint density at radius 1 is 1.33 bits per heavy atom. The van der Waals surface area contributed by atoms with E-state index >= 15 is 0 Å². The highest BCUT2D eigenvalue weighted by Gasteiger charge is 2.46. The highest BCUT2D eigenvalue weighted by atomic mass is 32.1. The SMILES string of the molecule is CCN(Cc1cccs1)C(=O)C1CC1c1ccccc1F. The molecule has 0 aliphatic heterocycles. The second-order valence-electron chi connectivity index (χ2n) is 5.40. The molecular weight excluding hydrogens is 285 g/mol. The van der Waals surface area contributed by atoms with Gasteiger partial charge in [0.25, 0.3) is 0 Å². The van der Waals surface area contributed by atoms with Gasteiger partial charge in [-0.3, -0.25) is 4.79 Å². The summed E-state index contributed by atoms with van der Waals surface area (Å²) in [5.41, 5.74) is 0.683. The molecule has 2 aromatic rings. The fraction of sp³-hybridized carbons (Fsp3) is 0.353. The number of rotatable bonds is 5. The molecule has 0 radical (unpaired) electrons. The Kier molecular flexibility index (Phi) is 4.06. The Morgan fingerprint density at radius 2 is 2.14 bits per heavy atom. The van der Waals surface area contributed by atoms with Gasteiger partial charge in [-0.25, -0.2) is 4.39 Å². The van der Waals surface area contributed by atoms with Crippen LogP contribution in [-0.2, 0) is 11.3 Å². The van der Waals surface area contributed by atoms with E-state index in [1.807, 2.05) is 35.4 Å². The molecule has 2 atom stereocenters. The van der Waals surface area contributed by atoms with Gasteiger partial charge in [-0.15, -0.1) is 11.3 Å². The predicted octanol–water partition coefficient (Wildman–Crippen LogP) is 4.04. The summed E-state index contributed by atoms with van der Waals surface area (Å²) in [4.78, 5) is 15.6. The van der Waals surface area contributed by atoms with Gasteiger partial charge in [0.1, 0.15) is 5.82 Å². The number of hydrogen-bond donors (Lipinski definition) is 0. The molecule has 1 aromatic heterocycles. The molecule has 1 aliphatic rings. The van der Waals surface area contributed by atoms with Gasteiger partial charge in [-0.2, -0.15) is 0 Å². The van der Waals surface area contributed by atoms with Crippen molar-refractivity contribution in [3.8, 4) is 0 Å². The lowest BCUT2D eigenvalue weighted by Gasteiger charge is -2.20. The summed E-state index contributed by atoms with van der Waals surface area (Å²) in [7, 11) is 0. The van der Waals surface area contributed by atoms with E-state index in [1.165, 1.54) is 10.9 Å². The normalized spacial score (nSPS) is 20.3. The van der Waals surface area contributed by atoms with Gasteiger partial charge in [-0.1, -0.05) is 24.3 Å². The largest absolute Gasteiger partial charge is 0.338 e. The van der Waals surface area contributed by atoms with Crippen molar-refractivity contribution in [1.82, 2.24) is 4.90 Å². The predicted molar refractivity (Wildman–Crippen MR) is 82.7 cm³/mol. The first-order valence-electron chi connectivity index (χ1n) is 7.26. The zero-order valence-corrected chi connectivity index (χ0v) is 12.8. The molecule has 0 saturated heterocycles. The molecular formula is C17H18FNOS. The monoisotopic (exact) mass is 303 g/mol. The van der Waals surface area contributed by atoms with E-state index in [9.17, 15) is 9.18 Å². The van der Waals surface area contributed by atoms with E-state index in [2.05, 4.69) is 0 Å². The number of amides is 1. The number of carbonyl (C=O) groups is 1. The van der Waals surface area contributed by atoms with Crippen molar-refractivity contribution in [2.75, 3.05) is 6.54 Å². The van der Waals surface area contributed by atoms with E-state index in [4.69, 9.17) is 0 Å². The molecule has 1 aromatic carbocycles. The molecule has 2 nitrogen and oxygen atoms in total. The van der Waals surface area contributed by atoms with Crippen LogP contribution in [0.2, 0.25) is 0 Å². The Morgan fingerprint density at radius 3 is 2.81 bits per heavy atom. The number of hydrogen-bond acceptors (Lipinski definition) is 2. The average molecular weight is 303 g/mol. The highest BCUT2D eigenvalue weighted by Crippen LogP contribution is 2.49. The molecule has 0 N–H and O–H groups in total. The lowest BCUT2D eigenvalue weighted by molar-refractivity contribution is -0.133. The summed E-state index contributed by atoms with van der Waals surface area (Å²) in [6, 6.07) is 10.8. The van der Waals surface area contributed by atoms with Crippen LogP contribution in [0.5, 0.6) is 0 Å². The standard InChI is InChI=1S/C17H18FNOS/c1-2-19(11-12-6-5-9-21-12)17(20)15-10-14(15)13-7-3-4-8-16(13)18/h3-9,14-15H,2,10-11H2,1H3. The fourth-order valence-corrected chi connectivity index (χ4v) is 3.48. The van der Waals surface area contributed by atoms with Crippen molar-refractivity contribution in [2.45, 2.75) is 25.8 Å². The Labute approximate surface area is 128 Å². The number of carbonyl (C=O) groups excluding carboxylic acids is 1. The van der Waals surface area contributed by atoms with Crippen LogP contribution < -0.4 is 0 Å². The molecule has 2 unspecified atom stereocenters.